The molecule has 0 aliphatic rings. The van der Waals surface area contributed by atoms with Gasteiger partial charge in [0.25, 0.3) is 0 Å². The van der Waals surface area contributed by atoms with E-state index in [1.165, 1.54) is 0 Å². The Hall–Kier alpha value is -6.16. The molecule has 0 spiro atoms. The Morgan fingerprint density at radius 3 is 0.743 bits per heavy atom. The molecule has 10 aromatic carbocycles. The van der Waals surface area contributed by atoms with Gasteiger partial charge in [0, 0.05) is 0 Å². The molecule has 0 radical (unpaired) electrons. The van der Waals surface area contributed by atoms with E-state index in [-0.39, 0.29) is 12.3 Å². The van der Waals surface area contributed by atoms with Gasteiger partial charge in [0.2, 0.25) is 0 Å². The number of fused-ring (bicyclic) bond motifs is 2. The zero-order valence-electron chi connectivity index (χ0n) is 37.6. The number of halogens is 2. The van der Waals surface area contributed by atoms with Crippen LogP contribution in [0.5, 0.6) is 0 Å². The zero-order chi connectivity index (χ0) is 48.5. The normalized spacial score (nSPS) is 13.6. The molecule has 0 N–H and O–H groups in total. The van der Waals surface area contributed by atoms with Crippen LogP contribution in [0.25, 0.3) is 32.7 Å². The average Bonchev–Trinajstić information content (AvgIpc) is 3.39. The maximum atomic E-state index is 13.8. The second-order valence-corrected chi connectivity index (χ2v) is 28.5. The van der Waals surface area contributed by atoms with Crippen LogP contribution < -0.4 is 59.8 Å². The first kappa shape index (κ1) is 47.5. The van der Waals surface area contributed by atoms with Crippen LogP contribution in [0.15, 0.2) is 255 Å². The third kappa shape index (κ3) is 8.13. The van der Waals surface area contributed by atoms with Gasteiger partial charge in [-0.1, -0.05) is 0 Å². The molecule has 70 heavy (non-hydrogen) atoms. The van der Waals surface area contributed by atoms with E-state index in [2.05, 4.69) is 0 Å². The predicted octanol–water partition coefficient (Wildman–Crippen LogP) is 5.38. The summed E-state index contributed by atoms with van der Waals surface area (Å²) in [6.07, 6.45) is -0.241. The van der Waals surface area contributed by atoms with Crippen molar-refractivity contribution in [3.05, 3.63) is 266 Å². The Bertz CT molecular complexity index is 3000. The fourth-order valence-corrected chi connectivity index (χ4v) is 25.5. The van der Waals surface area contributed by atoms with E-state index in [1.807, 2.05) is 255 Å². The molecule has 0 bridgehead atoms. The molecule has 0 aliphatic heterocycles. The van der Waals surface area contributed by atoms with Gasteiger partial charge in [0.05, 0.1) is 0 Å². The Kier molecular flexibility index (Phi) is 12.6. The third-order valence-corrected chi connectivity index (χ3v) is 27.5. The predicted molar refractivity (Wildman–Crippen MR) is 267 cm³/mol. The fourth-order valence-electron chi connectivity index (χ4n) is 10.7. The topological polar surface area (TPSA) is 157 Å². The number of hydrogen-bond acceptors (Lipinski definition) is 8. The van der Waals surface area contributed by atoms with Crippen LogP contribution in [0.1, 0.15) is 11.1 Å². The first-order chi connectivity index (χ1) is 33.8. The van der Waals surface area contributed by atoms with E-state index in [0.29, 0.717) is 54.1 Å². The van der Waals surface area contributed by atoms with Gasteiger partial charge in [-0.2, -0.15) is 0 Å². The van der Waals surface area contributed by atoms with Crippen LogP contribution in [0.3, 0.4) is 0 Å². The Balaban J connectivity index is 1.39. The monoisotopic (exact) mass is 1000 g/mol. The van der Waals surface area contributed by atoms with Crippen molar-refractivity contribution in [1.29, 1.82) is 0 Å². The second-order valence-electron chi connectivity index (χ2n) is 17.3. The average molecular weight is 1000 g/mol. The second kappa shape index (κ2) is 18.5. The standard InChI is InChI=1S/C58H46Cl2O8P2/c61-59(62,63)67-69(49-25-7-1-8-26-49,50-27-9-2-10-28-50,51-29-11-3-12-30-51)43-47-41-39-45-23-19-21-37-55(45)57(47)58-48(42-40-46-24-20-22-38-56(46)58)44-70(68-60(64,65)66,52-31-13-4-14-32-52,53-33-15-5-16-34-53)54-35-17-6-18-36-54/h1-42H,43-44H2. The molecule has 350 valence electrons. The molecule has 0 heterocycles. The molecule has 10 rings (SSSR count). The van der Waals surface area contributed by atoms with E-state index in [9.17, 15) is 28.0 Å². The van der Waals surface area contributed by atoms with E-state index in [4.69, 9.17) is 8.15 Å². The third-order valence-electron chi connectivity index (χ3n) is 13.5. The molecular weight excluding hydrogens is 957 g/mol. The summed E-state index contributed by atoms with van der Waals surface area (Å²) in [5.41, 5.74) is 2.66. The molecule has 0 saturated heterocycles. The first-order valence-corrected chi connectivity index (χ1v) is 29.6. The molecule has 0 atom stereocenters. The quantitative estimate of drug-likeness (QED) is 0.124. The van der Waals surface area contributed by atoms with Gasteiger partial charge in [0.15, 0.2) is 0 Å². The molecule has 0 fully saturated rings. The van der Waals surface area contributed by atoms with Crippen molar-refractivity contribution in [3.63, 3.8) is 0 Å². The van der Waals surface area contributed by atoms with E-state index in [0.717, 1.165) is 21.5 Å². The Labute approximate surface area is 410 Å². The van der Waals surface area contributed by atoms with Crippen LogP contribution in [-0.2, 0) is 20.5 Å². The van der Waals surface area contributed by atoms with E-state index in [1.54, 1.807) is 0 Å². The van der Waals surface area contributed by atoms with Gasteiger partial charge >= 0.3 is 413 Å². The van der Waals surface area contributed by atoms with Crippen LogP contribution in [0.2, 0.25) is 0 Å². The van der Waals surface area contributed by atoms with Crippen molar-refractivity contribution in [3.8, 4) is 11.1 Å². The Morgan fingerprint density at radius 2 is 0.500 bits per heavy atom. The van der Waals surface area contributed by atoms with Crippen LogP contribution >= 0.6 is 13.7 Å². The van der Waals surface area contributed by atoms with Crippen molar-refractivity contribution < 1.29 is 56.6 Å². The molecular formula is C58H46Cl2O8P2. The van der Waals surface area contributed by atoms with Gasteiger partial charge in [-0.05, 0) is 0 Å². The van der Waals surface area contributed by atoms with Crippen molar-refractivity contribution in [2.75, 3.05) is 0 Å². The van der Waals surface area contributed by atoms with E-state index < -0.39 is 34.1 Å². The number of hydrogen-bond donors (Lipinski definition) is 0. The SMILES string of the molecule is [O-][Cl+3]([O-])([O-])OP(Cc1ccc2ccccc2c1-c1c(CP(O[Cl+3]([O-])([O-])[O-])(c2ccccc2)(c2ccccc2)c2ccccc2)ccc2ccccc12)(c1ccccc1)(c1ccccc1)c1ccccc1. The summed E-state index contributed by atoms with van der Waals surface area (Å²) in [5.74, 6) is 0. The zero-order valence-corrected chi connectivity index (χ0v) is 40.9. The molecule has 12 heteroatoms. The maximum absolute atomic E-state index is 13.8. The van der Waals surface area contributed by atoms with Gasteiger partial charge in [-0.15, -0.1) is 0 Å². The van der Waals surface area contributed by atoms with Crippen molar-refractivity contribution >= 4 is 67.0 Å². The summed E-state index contributed by atoms with van der Waals surface area (Å²) in [7, 11) is -10.3. The summed E-state index contributed by atoms with van der Waals surface area (Å²) in [4.78, 5) is 0. The van der Waals surface area contributed by atoms with Gasteiger partial charge in [-0.3, -0.25) is 0 Å². The summed E-state index contributed by atoms with van der Waals surface area (Å²) >= 11 is 0. The number of benzene rings is 10. The first-order valence-electron chi connectivity index (χ1n) is 22.5. The van der Waals surface area contributed by atoms with Crippen molar-refractivity contribution in [2.45, 2.75) is 12.3 Å². The molecule has 0 amide bonds. The minimum absolute atomic E-state index is 0.120. The van der Waals surface area contributed by atoms with Crippen LogP contribution in [-0.4, -0.2) is 0 Å². The molecule has 0 unspecified atom stereocenters. The molecule has 8 nitrogen and oxygen atoms in total. The van der Waals surface area contributed by atoms with Crippen LogP contribution in [0, 0.1) is 20.5 Å². The van der Waals surface area contributed by atoms with Gasteiger partial charge in [-0.25, -0.2) is 0 Å². The van der Waals surface area contributed by atoms with Gasteiger partial charge in [0.1, 0.15) is 0 Å². The summed E-state index contributed by atoms with van der Waals surface area (Å²) < 4.78 is 95.9. The van der Waals surface area contributed by atoms with E-state index >= 15 is 0 Å². The summed E-state index contributed by atoms with van der Waals surface area (Å²) in [5, 5.41) is 6.33. The molecule has 10 aromatic rings. The fraction of sp³-hybridized carbons (Fsp3) is 0.0345. The summed E-state index contributed by atoms with van der Waals surface area (Å²) in [6.45, 7) is -10.1. The van der Waals surface area contributed by atoms with Crippen LogP contribution in [0.4, 0.5) is 0 Å². The molecule has 0 aliphatic carbocycles. The molecule has 0 aromatic heterocycles. The Morgan fingerprint density at radius 1 is 0.271 bits per heavy atom. The molecule has 0 saturated carbocycles. The minimum atomic E-state index is -5.13. The van der Waals surface area contributed by atoms with Gasteiger partial charge < -0.3 is 0 Å². The van der Waals surface area contributed by atoms with Crippen molar-refractivity contribution in [1.82, 2.24) is 0 Å². The summed E-state index contributed by atoms with van der Waals surface area (Å²) in [6, 6.07) is 78.3. The number of rotatable bonds is 15. The van der Waals surface area contributed by atoms with Crippen molar-refractivity contribution in [2.24, 2.45) is 0 Å².